The summed E-state index contributed by atoms with van der Waals surface area (Å²) in [4.78, 5) is 12.3. The molecular formula is C24H16Br2ClNO4. The molecule has 0 bridgehead atoms. The summed E-state index contributed by atoms with van der Waals surface area (Å²) in [6.07, 6.45) is 1.71. The maximum Gasteiger partial charge on any atom is 0.349 e. The molecule has 0 atom stereocenters. The van der Waals surface area contributed by atoms with Crippen LogP contribution in [0.25, 0.3) is 11.6 Å². The van der Waals surface area contributed by atoms with Gasteiger partial charge in [-0.2, -0.15) is 5.26 Å². The zero-order chi connectivity index (χ0) is 23.1. The molecule has 0 aliphatic carbocycles. The van der Waals surface area contributed by atoms with Gasteiger partial charge in [-0.1, -0.05) is 45.7 Å². The lowest BCUT2D eigenvalue weighted by Crippen LogP contribution is -2.18. The van der Waals surface area contributed by atoms with Gasteiger partial charge in [0.05, 0.1) is 23.2 Å². The van der Waals surface area contributed by atoms with Crippen LogP contribution in [0.15, 0.2) is 69.6 Å². The molecule has 3 aromatic carbocycles. The first kappa shape index (κ1) is 23.9. The van der Waals surface area contributed by atoms with E-state index in [4.69, 9.17) is 25.8 Å². The molecule has 0 fully saturated rings. The zero-order valence-corrected chi connectivity index (χ0v) is 20.7. The average molecular weight is 578 g/mol. The summed E-state index contributed by atoms with van der Waals surface area (Å²) < 4.78 is 17.9. The number of carbonyl (C=O) groups excluding carboxylic acids is 1. The van der Waals surface area contributed by atoms with E-state index in [1.165, 1.54) is 7.11 Å². The van der Waals surface area contributed by atoms with Crippen molar-refractivity contribution in [3.63, 3.8) is 0 Å². The minimum atomic E-state index is -0.583. The lowest BCUT2D eigenvalue weighted by molar-refractivity contribution is -0.136. The number of halogens is 3. The standard InChI is InChI=1S/C24H16Br2ClNO4/c1-30-23-11-15(10-17(13-28)16-3-6-19(27)7-4-16)2-8-22(23)32-24(29)14-31-21-9-5-18(25)12-20(21)26/h2-12H,14H2,1H3/b17-10+. The number of ether oxygens (including phenoxy) is 3. The maximum absolute atomic E-state index is 12.3. The summed E-state index contributed by atoms with van der Waals surface area (Å²) in [5.41, 5.74) is 1.91. The smallest absolute Gasteiger partial charge is 0.349 e. The van der Waals surface area contributed by atoms with Gasteiger partial charge in [0.1, 0.15) is 5.75 Å². The maximum atomic E-state index is 12.3. The lowest BCUT2D eigenvalue weighted by Gasteiger charge is -2.11. The molecule has 0 amide bonds. The van der Waals surface area contributed by atoms with Gasteiger partial charge in [0.15, 0.2) is 18.1 Å². The van der Waals surface area contributed by atoms with Gasteiger partial charge in [0, 0.05) is 9.50 Å². The lowest BCUT2D eigenvalue weighted by atomic mass is 10.0. The second kappa shape index (κ2) is 11.2. The molecular weight excluding hydrogens is 562 g/mol. The predicted octanol–water partition coefficient (Wildman–Crippen LogP) is 6.92. The molecule has 8 heteroatoms. The number of esters is 1. The minimum absolute atomic E-state index is 0.248. The highest BCUT2D eigenvalue weighted by Crippen LogP contribution is 2.31. The summed E-state index contributed by atoms with van der Waals surface area (Å²) in [7, 11) is 1.47. The van der Waals surface area contributed by atoms with Crippen LogP contribution in [0.2, 0.25) is 5.02 Å². The van der Waals surface area contributed by atoms with E-state index < -0.39 is 5.97 Å². The van der Waals surface area contributed by atoms with E-state index >= 15 is 0 Å². The van der Waals surface area contributed by atoms with E-state index in [0.717, 1.165) is 10.0 Å². The third-order valence-corrected chi connectivity index (χ3v) is 5.60. The summed E-state index contributed by atoms with van der Waals surface area (Å²) in [5, 5.41) is 10.1. The number of allylic oxidation sites excluding steroid dienone is 1. The SMILES string of the molecule is COc1cc(/C=C(\C#N)c2ccc(Cl)cc2)ccc1OC(=O)COc1ccc(Br)cc1Br. The van der Waals surface area contributed by atoms with Gasteiger partial charge >= 0.3 is 5.97 Å². The number of methoxy groups -OCH3 is 1. The molecule has 0 N–H and O–H groups in total. The number of carbonyl (C=O) groups is 1. The van der Waals surface area contributed by atoms with E-state index in [2.05, 4.69) is 37.9 Å². The van der Waals surface area contributed by atoms with Gasteiger partial charge < -0.3 is 14.2 Å². The molecule has 3 aromatic rings. The molecule has 0 aliphatic heterocycles. The minimum Gasteiger partial charge on any atom is -0.493 e. The van der Waals surface area contributed by atoms with Crippen molar-refractivity contribution in [3.8, 4) is 23.3 Å². The fourth-order valence-electron chi connectivity index (χ4n) is 2.72. The molecule has 5 nitrogen and oxygen atoms in total. The number of nitriles is 1. The zero-order valence-electron chi connectivity index (χ0n) is 16.8. The Morgan fingerprint density at radius 1 is 1.03 bits per heavy atom. The van der Waals surface area contributed by atoms with Crippen molar-refractivity contribution in [2.45, 2.75) is 0 Å². The summed E-state index contributed by atoms with van der Waals surface area (Å²) >= 11 is 12.7. The predicted molar refractivity (Wildman–Crippen MR) is 131 cm³/mol. The van der Waals surface area contributed by atoms with Crippen molar-refractivity contribution in [1.82, 2.24) is 0 Å². The monoisotopic (exact) mass is 575 g/mol. The summed E-state index contributed by atoms with van der Waals surface area (Å²) in [6.45, 7) is -0.278. The number of benzene rings is 3. The highest BCUT2D eigenvalue weighted by atomic mass is 79.9. The quantitative estimate of drug-likeness (QED) is 0.132. The first-order valence-electron chi connectivity index (χ1n) is 9.24. The molecule has 0 saturated carbocycles. The Balaban J connectivity index is 1.72. The molecule has 0 radical (unpaired) electrons. The van der Waals surface area contributed by atoms with Crippen LogP contribution in [-0.4, -0.2) is 19.7 Å². The Morgan fingerprint density at radius 2 is 1.75 bits per heavy atom. The summed E-state index contributed by atoms with van der Waals surface area (Å²) in [5.74, 6) is 0.535. The van der Waals surface area contributed by atoms with Gasteiger partial charge in [-0.15, -0.1) is 0 Å². The van der Waals surface area contributed by atoms with Gasteiger partial charge in [-0.05, 0) is 75.6 Å². The van der Waals surface area contributed by atoms with Crippen LogP contribution in [-0.2, 0) is 4.79 Å². The third-order valence-electron chi connectivity index (χ3n) is 4.24. The molecule has 3 rings (SSSR count). The van der Waals surface area contributed by atoms with Crippen molar-refractivity contribution in [3.05, 3.63) is 85.8 Å². The van der Waals surface area contributed by atoms with Crippen molar-refractivity contribution in [1.29, 1.82) is 5.26 Å². The van der Waals surface area contributed by atoms with E-state index in [-0.39, 0.29) is 12.4 Å². The number of hydrogen-bond acceptors (Lipinski definition) is 5. The van der Waals surface area contributed by atoms with Crippen LogP contribution in [0.4, 0.5) is 0 Å². The van der Waals surface area contributed by atoms with Gasteiger partial charge in [0.2, 0.25) is 0 Å². The Labute approximate surface area is 207 Å². The Kier molecular flexibility index (Phi) is 8.34. The van der Waals surface area contributed by atoms with Gasteiger partial charge in [-0.25, -0.2) is 4.79 Å². The number of hydrogen-bond donors (Lipinski definition) is 0. The fraction of sp³-hybridized carbons (Fsp3) is 0.0833. The van der Waals surface area contributed by atoms with E-state index in [1.54, 1.807) is 60.7 Å². The summed E-state index contributed by atoms with van der Waals surface area (Å²) in [6, 6.07) is 19.5. The van der Waals surface area contributed by atoms with Crippen LogP contribution in [0.1, 0.15) is 11.1 Å². The Hall–Kier alpha value is -2.79. The van der Waals surface area contributed by atoms with E-state index in [9.17, 15) is 10.1 Å². The molecule has 0 saturated heterocycles. The van der Waals surface area contributed by atoms with Gasteiger partial charge in [0.25, 0.3) is 0 Å². The normalized spacial score (nSPS) is 10.9. The topological polar surface area (TPSA) is 68.5 Å². The molecule has 0 spiro atoms. The molecule has 0 heterocycles. The molecule has 32 heavy (non-hydrogen) atoms. The van der Waals surface area contributed by atoms with E-state index in [1.807, 2.05) is 6.07 Å². The van der Waals surface area contributed by atoms with E-state index in [0.29, 0.717) is 32.1 Å². The number of rotatable bonds is 7. The molecule has 0 aromatic heterocycles. The van der Waals surface area contributed by atoms with Crippen molar-refractivity contribution in [2.24, 2.45) is 0 Å². The van der Waals surface area contributed by atoms with Crippen molar-refractivity contribution >= 4 is 61.1 Å². The second-order valence-electron chi connectivity index (χ2n) is 6.42. The first-order chi connectivity index (χ1) is 15.4. The van der Waals surface area contributed by atoms with Crippen LogP contribution < -0.4 is 14.2 Å². The molecule has 0 unspecified atom stereocenters. The highest BCUT2D eigenvalue weighted by Gasteiger charge is 2.13. The van der Waals surface area contributed by atoms with Crippen LogP contribution in [0.3, 0.4) is 0 Å². The third kappa shape index (κ3) is 6.36. The van der Waals surface area contributed by atoms with Crippen LogP contribution >= 0.6 is 43.5 Å². The first-order valence-corrected chi connectivity index (χ1v) is 11.2. The second-order valence-corrected chi connectivity index (χ2v) is 8.63. The molecule has 0 aliphatic rings. The Bertz CT molecular complexity index is 1200. The Morgan fingerprint density at radius 3 is 2.41 bits per heavy atom. The van der Waals surface area contributed by atoms with Crippen molar-refractivity contribution < 1.29 is 19.0 Å². The average Bonchev–Trinajstić information content (AvgIpc) is 2.78. The van der Waals surface area contributed by atoms with Crippen LogP contribution in [0.5, 0.6) is 17.2 Å². The van der Waals surface area contributed by atoms with Gasteiger partial charge in [-0.3, -0.25) is 0 Å². The van der Waals surface area contributed by atoms with Crippen molar-refractivity contribution in [2.75, 3.05) is 13.7 Å². The molecule has 162 valence electrons. The largest absolute Gasteiger partial charge is 0.493 e. The van der Waals surface area contributed by atoms with Crippen LogP contribution in [0, 0.1) is 11.3 Å². The number of nitrogens with zero attached hydrogens (tertiary/aromatic N) is 1. The highest BCUT2D eigenvalue weighted by molar-refractivity contribution is 9.11. The fourth-order valence-corrected chi connectivity index (χ4v) is 4.00.